The third-order valence-electron chi connectivity index (χ3n) is 5.77. The first-order valence-electron chi connectivity index (χ1n) is 11.1. The van der Waals surface area contributed by atoms with Crippen LogP contribution in [0, 0.1) is 0 Å². The Morgan fingerprint density at radius 1 is 1.21 bits per heavy atom. The van der Waals surface area contributed by atoms with Crippen LogP contribution in [0.15, 0.2) is 29.4 Å². The van der Waals surface area contributed by atoms with E-state index in [-0.39, 0.29) is 35.6 Å². The number of aliphatic imine (C=N–C) groups is 1. The van der Waals surface area contributed by atoms with E-state index in [4.69, 9.17) is 10.5 Å². The van der Waals surface area contributed by atoms with Gasteiger partial charge >= 0.3 is 6.09 Å². The fraction of sp³-hybridized carbons (Fsp3) is 0.522. The van der Waals surface area contributed by atoms with E-state index in [1.165, 1.54) is 13.1 Å². The van der Waals surface area contributed by atoms with E-state index in [1.807, 2.05) is 13.0 Å². The van der Waals surface area contributed by atoms with Gasteiger partial charge in [-0.25, -0.2) is 13.2 Å². The minimum absolute atomic E-state index is 0.0762. The quantitative estimate of drug-likeness (QED) is 0.667. The highest BCUT2D eigenvalue weighted by atomic mass is 32.2. The molecule has 10 heteroatoms. The van der Waals surface area contributed by atoms with Crippen LogP contribution < -0.4 is 15.5 Å². The van der Waals surface area contributed by atoms with Gasteiger partial charge in [0.1, 0.15) is 9.84 Å². The van der Waals surface area contributed by atoms with Gasteiger partial charge < -0.3 is 15.4 Å². The number of nitrogens with zero attached hydrogens (tertiary/aromatic N) is 3. The van der Waals surface area contributed by atoms with E-state index in [0.29, 0.717) is 36.3 Å². The molecule has 2 heterocycles. The zero-order valence-electron chi connectivity index (χ0n) is 19.5. The van der Waals surface area contributed by atoms with Gasteiger partial charge in [0.25, 0.3) is 0 Å². The summed E-state index contributed by atoms with van der Waals surface area (Å²) in [6.07, 6.45) is 3.29. The van der Waals surface area contributed by atoms with E-state index in [2.05, 4.69) is 4.99 Å². The van der Waals surface area contributed by atoms with Crippen molar-refractivity contribution in [2.24, 2.45) is 10.7 Å². The molecule has 0 unspecified atom stereocenters. The van der Waals surface area contributed by atoms with Crippen molar-refractivity contribution in [3.8, 4) is 0 Å². The monoisotopic (exact) mass is 476 g/mol. The van der Waals surface area contributed by atoms with Gasteiger partial charge in [0.15, 0.2) is 0 Å². The minimum Gasteiger partial charge on any atom is -0.446 e. The van der Waals surface area contributed by atoms with Gasteiger partial charge in [0.05, 0.1) is 41.1 Å². The number of carbonyl (C=O) groups excluding carboxylic acids is 2. The number of benzene rings is 1. The number of ether oxygens (including phenoxy) is 1. The molecule has 1 atom stereocenters. The van der Waals surface area contributed by atoms with Crippen LogP contribution in [0.1, 0.15) is 46.1 Å². The molecule has 2 aliphatic heterocycles. The Labute approximate surface area is 195 Å². The van der Waals surface area contributed by atoms with Crippen molar-refractivity contribution in [3.63, 3.8) is 0 Å². The molecule has 0 saturated carbocycles. The lowest BCUT2D eigenvalue weighted by Crippen LogP contribution is -2.51. The molecule has 3 rings (SSSR count). The first kappa shape index (κ1) is 24.8. The van der Waals surface area contributed by atoms with Gasteiger partial charge in [0, 0.05) is 31.5 Å². The maximum Gasteiger partial charge on any atom is 0.414 e. The minimum atomic E-state index is -2.96. The highest BCUT2D eigenvalue weighted by molar-refractivity contribution is 7.91. The van der Waals surface area contributed by atoms with E-state index in [1.54, 1.807) is 42.0 Å². The highest BCUT2D eigenvalue weighted by Crippen LogP contribution is 2.38. The molecular weight excluding hydrogens is 444 g/mol. The Kier molecular flexibility index (Phi) is 7.46. The number of fused-ring (bicyclic) bond motifs is 1. The molecule has 0 aliphatic carbocycles. The zero-order chi connectivity index (χ0) is 24.3. The average Bonchev–Trinajstić information content (AvgIpc) is 2.73. The highest BCUT2D eigenvalue weighted by Gasteiger charge is 2.35. The molecule has 180 valence electrons. The SMILES string of the molecule is CC(=O)N1c2ccc(C(C=NC3CCS(=O)(=O)CC3)=CN)cc2N(C(=O)OC(C)C)C[C@@H]1C. The lowest BCUT2D eigenvalue weighted by molar-refractivity contribution is -0.117. The van der Waals surface area contributed by atoms with Crippen molar-refractivity contribution in [3.05, 3.63) is 30.0 Å². The molecule has 2 amide bonds. The summed E-state index contributed by atoms with van der Waals surface area (Å²) in [7, 11) is -2.96. The lowest BCUT2D eigenvalue weighted by Gasteiger charge is -2.40. The van der Waals surface area contributed by atoms with Crippen LogP contribution in [0.2, 0.25) is 0 Å². The van der Waals surface area contributed by atoms with E-state index in [9.17, 15) is 18.0 Å². The number of allylic oxidation sites excluding steroid dienone is 1. The van der Waals surface area contributed by atoms with Crippen LogP contribution in [-0.2, 0) is 19.4 Å². The molecule has 1 saturated heterocycles. The maximum atomic E-state index is 12.8. The summed E-state index contributed by atoms with van der Waals surface area (Å²) in [5.74, 6) is 0.167. The first-order chi connectivity index (χ1) is 15.5. The molecule has 33 heavy (non-hydrogen) atoms. The van der Waals surface area contributed by atoms with Gasteiger partial charge in [-0.05, 0) is 51.3 Å². The molecule has 1 aromatic rings. The number of hydrogen-bond donors (Lipinski definition) is 1. The van der Waals surface area contributed by atoms with Crippen LogP contribution in [0.4, 0.5) is 16.2 Å². The summed E-state index contributed by atoms with van der Waals surface area (Å²) in [6.45, 7) is 7.25. The second kappa shape index (κ2) is 9.94. The normalized spacial score (nSPS) is 21.4. The molecule has 2 N–H and O–H groups in total. The van der Waals surface area contributed by atoms with E-state index >= 15 is 0 Å². The zero-order valence-corrected chi connectivity index (χ0v) is 20.3. The molecule has 2 aliphatic rings. The number of amides is 2. The summed E-state index contributed by atoms with van der Waals surface area (Å²) >= 11 is 0. The standard InChI is InChI=1S/C23H32N4O5S/c1-15(2)32-23(29)26-14-16(3)27(17(4)28)21-6-5-18(11-22(21)26)19(12-24)13-25-20-7-9-33(30,31)10-8-20/h5-6,11-13,15-16,20H,7-10,14,24H2,1-4H3/t16-/m0/s1. The van der Waals surface area contributed by atoms with Crippen LogP contribution in [0.5, 0.6) is 0 Å². The van der Waals surface area contributed by atoms with Crippen molar-refractivity contribution in [1.29, 1.82) is 0 Å². The second-order valence-corrected chi connectivity index (χ2v) is 11.1. The molecule has 1 fully saturated rings. The Morgan fingerprint density at radius 3 is 2.45 bits per heavy atom. The van der Waals surface area contributed by atoms with Crippen molar-refractivity contribution in [2.75, 3.05) is 27.9 Å². The van der Waals surface area contributed by atoms with Crippen molar-refractivity contribution < 1.29 is 22.7 Å². The second-order valence-electron chi connectivity index (χ2n) is 8.77. The average molecular weight is 477 g/mol. The third kappa shape index (κ3) is 5.73. The molecule has 0 radical (unpaired) electrons. The predicted molar refractivity (Wildman–Crippen MR) is 130 cm³/mol. The fourth-order valence-corrected chi connectivity index (χ4v) is 5.62. The number of hydrogen-bond acceptors (Lipinski definition) is 7. The van der Waals surface area contributed by atoms with Crippen molar-refractivity contribution in [1.82, 2.24) is 0 Å². The van der Waals surface area contributed by atoms with Crippen LogP contribution in [0.25, 0.3) is 5.57 Å². The predicted octanol–water partition coefficient (Wildman–Crippen LogP) is 2.74. The van der Waals surface area contributed by atoms with Crippen LogP contribution in [-0.4, -0.2) is 62.9 Å². The summed E-state index contributed by atoms with van der Waals surface area (Å²) in [4.78, 5) is 32.9. The fourth-order valence-electron chi connectivity index (χ4n) is 4.15. The molecule has 0 bridgehead atoms. The van der Waals surface area contributed by atoms with E-state index < -0.39 is 15.9 Å². The van der Waals surface area contributed by atoms with Gasteiger partial charge in [-0.15, -0.1) is 0 Å². The Balaban J connectivity index is 1.93. The summed E-state index contributed by atoms with van der Waals surface area (Å²) in [5.41, 5.74) is 8.42. The lowest BCUT2D eigenvalue weighted by atomic mass is 10.0. The number of sulfone groups is 1. The summed E-state index contributed by atoms with van der Waals surface area (Å²) in [6, 6.07) is 5.13. The topological polar surface area (TPSA) is 122 Å². The largest absolute Gasteiger partial charge is 0.446 e. The van der Waals surface area contributed by atoms with E-state index in [0.717, 1.165) is 5.56 Å². The molecular formula is C23H32N4O5S. The number of anilines is 2. The number of rotatable bonds is 4. The molecule has 0 aromatic heterocycles. The molecule has 0 spiro atoms. The van der Waals surface area contributed by atoms with Gasteiger partial charge in [-0.2, -0.15) is 0 Å². The summed E-state index contributed by atoms with van der Waals surface area (Å²) < 4.78 is 28.7. The van der Waals surface area contributed by atoms with Gasteiger partial charge in [0.2, 0.25) is 5.91 Å². The van der Waals surface area contributed by atoms with Crippen molar-refractivity contribution in [2.45, 2.75) is 58.7 Å². The van der Waals surface area contributed by atoms with Gasteiger partial charge in [-0.3, -0.25) is 14.7 Å². The Bertz CT molecular complexity index is 1070. The Morgan fingerprint density at radius 2 is 1.88 bits per heavy atom. The number of nitrogens with two attached hydrogens (primary N) is 1. The summed E-state index contributed by atoms with van der Waals surface area (Å²) in [5, 5.41) is 0. The maximum absolute atomic E-state index is 12.8. The van der Waals surface area contributed by atoms with Crippen LogP contribution >= 0.6 is 0 Å². The molecule has 9 nitrogen and oxygen atoms in total. The Hall–Kier alpha value is -2.88. The van der Waals surface area contributed by atoms with Crippen LogP contribution in [0.3, 0.4) is 0 Å². The van der Waals surface area contributed by atoms with Gasteiger partial charge in [-0.1, -0.05) is 6.07 Å². The third-order valence-corrected chi connectivity index (χ3v) is 7.49. The van der Waals surface area contributed by atoms with Crippen molar-refractivity contribution >= 4 is 45.0 Å². The smallest absolute Gasteiger partial charge is 0.414 e. The first-order valence-corrected chi connectivity index (χ1v) is 12.9. The molecule has 1 aromatic carbocycles. The number of carbonyl (C=O) groups is 2.